The van der Waals surface area contributed by atoms with Crippen molar-refractivity contribution in [1.82, 2.24) is 5.32 Å². The van der Waals surface area contributed by atoms with Crippen LogP contribution in [-0.4, -0.2) is 17.6 Å². The highest BCUT2D eigenvalue weighted by Gasteiger charge is 2.27. The molecule has 3 rings (SSSR count). The van der Waals surface area contributed by atoms with E-state index in [9.17, 15) is 14.3 Å². The van der Waals surface area contributed by atoms with E-state index >= 15 is 0 Å². The molecule has 0 bridgehead atoms. The van der Waals surface area contributed by atoms with E-state index in [0.717, 1.165) is 0 Å². The first-order valence-corrected chi connectivity index (χ1v) is 7.37. The maximum atomic E-state index is 13.7. The minimum Gasteiger partial charge on any atom is -0.466 e. The van der Waals surface area contributed by atoms with Gasteiger partial charge in [-0.25, -0.2) is 4.39 Å². The quantitative estimate of drug-likeness (QED) is 0.753. The average molecular weight is 329 g/mol. The van der Waals surface area contributed by atoms with Crippen molar-refractivity contribution in [2.45, 2.75) is 12.5 Å². The Labute approximate surface area is 137 Å². The Morgan fingerprint density at radius 2 is 2.00 bits per heavy atom. The van der Waals surface area contributed by atoms with E-state index in [1.54, 1.807) is 30.3 Å². The Morgan fingerprint density at radius 3 is 2.71 bits per heavy atom. The molecule has 3 aromatic rings. The minimum atomic E-state index is -1.35. The number of carbonyl (C=O) groups excluding carboxylic acids is 1. The molecule has 5 nitrogen and oxygen atoms in total. The molecule has 1 unspecified atom stereocenters. The first kappa shape index (κ1) is 16.0. The minimum absolute atomic E-state index is 0.0310. The molecule has 1 atom stereocenters. The molecular formula is C18H16FNO4. The van der Waals surface area contributed by atoms with Crippen LogP contribution in [0.15, 0.2) is 63.6 Å². The van der Waals surface area contributed by atoms with Gasteiger partial charge in [0.05, 0.1) is 18.4 Å². The molecule has 0 spiro atoms. The van der Waals surface area contributed by atoms with Crippen molar-refractivity contribution in [1.29, 1.82) is 0 Å². The number of aliphatic hydroxyl groups is 1. The van der Waals surface area contributed by atoms with Crippen LogP contribution in [0.1, 0.15) is 23.2 Å². The molecule has 2 N–H and O–H groups in total. The molecule has 0 saturated heterocycles. The van der Waals surface area contributed by atoms with Gasteiger partial charge in [0.2, 0.25) is 0 Å². The Hall–Kier alpha value is -2.86. The number of rotatable bonds is 5. The largest absolute Gasteiger partial charge is 0.466 e. The van der Waals surface area contributed by atoms with E-state index in [2.05, 4.69) is 5.32 Å². The number of carbonyl (C=O) groups is 1. The summed E-state index contributed by atoms with van der Waals surface area (Å²) >= 11 is 0. The highest BCUT2D eigenvalue weighted by atomic mass is 19.1. The molecular weight excluding hydrogens is 313 g/mol. The maximum absolute atomic E-state index is 13.7. The monoisotopic (exact) mass is 329 g/mol. The summed E-state index contributed by atoms with van der Waals surface area (Å²) in [6, 6.07) is 12.4. The summed E-state index contributed by atoms with van der Waals surface area (Å²) in [6.07, 6.45) is 1.44. The van der Waals surface area contributed by atoms with E-state index in [1.807, 2.05) is 0 Å². The zero-order valence-corrected chi connectivity index (χ0v) is 13.0. The third-order valence-electron chi connectivity index (χ3n) is 3.61. The van der Waals surface area contributed by atoms with Gasteiger partial charge in [0.1, 0.15) is 22.9 Å². The van der Waals surface area contributed by atoms with E-state index < -0.39 is 17.3 Å². The number of nitrogens with one attached hydrogen (secondary N) is 1. The first-order chi connectivity index (χ1) is 11.5. The lowest BCUT2D eigenvalue weighted by atomic mass is 10.0. The predicted octanol–water partition coefficient (Wildman–Crippen LogP) is 3.32. The van der Waals surface area contributed by atoms with Crippen molar-refractivity contribution in [2.24, 2.45) is 0 Å². The molecule has 0 aliphatic heterocycles. The summed E-state index contributed by atoms with van der Waals surface area (Å²) in [5, 5.41) is 12.9. The number of halogens is 1. The molecule has 6 heteroatoms. The standard InChI is InChI=1S/C18H16FNO4/c1-18(22,16-7-4-10-23-16)11-20-17(21)15-9-8-14(24-15)12-5-2-3-6-13(12)19/h2-10,22H,11H2,1H3,(H,20,21). The van der Waals surface area contributed by atoms with Crippen molar-refractivity contribution in [3.05, 3.63) is 72.1 Å². The number of benzene rings is 1. The number of furan rings is 2. The normalized spacial score (nSPS) is 13.5. The second-order valence-corrected chi connectivity index (χ2v) is 5.58. The topological polar surface area (TPSA) is 75.6 Å². The van der Waals surface area contributed by atoms with Crippen LogP contribution in [0.5, 0.6) is 0 Å². The van der Waals surface area contributed by atoms with Gasteiger partial charge >= 0.3 is 0 Å². The van der Waals surface area contributed by atoms with Crippen molar-refractivity contribution >= 4 is 5.91 Å². The second kappa shape index (κ2) is 6.33. The van der Waals surface area contributed by atoms with Crippen LogP contribution in [0.25, 0.3) is 11.3 Å². The van der Waals surface area contributed by atoms with Crippen LogP contribution in [0, 0.1) is 5.82 Å². The van der Waals surface area contributed by atoms with E-state index in [1.165, 1.54) is 31.4 Å². The lowest BCUT2D eigenvalue weighted by molar-refractivity contribution is 0.0326. The van der Waals surface area contributed by atoms with Crippen LogP contribution in [0.3, 0.4) is 0 Å². The molecule has 0 saturated carbocycles. The van der Waals surface area contributed by atoms with Gasteiger partial charge in [-0.15, -0.1) is 0 Å². The molecule has 0 aliphatic rings. The maximum Gasteiger partial charge on any atom is 0.287 e. The van der Waals surface area contributed by atoms with E-state index in [0.29, 0.717) is 5.76 Å². The van der Waals surface area contributed by atoms with Gasteiger partial charge < -0.3 is 19.3 Å². The summed E-state index contributed by atoms with van der Waals surface area (Å²) in [7, 11) is 0. The molecule has 124 valence electrons. The number of hydrogen-bond donors (Lipinski definition) is 2. The number of hydrogen-bond acceptors (Lipinski definition) is 4. The van der Waals surface area contributed by atoms with Gasteiger partial charge in [-0.2, -0.15) is 0 Å². The lowest BCUT2D eigenvalue weighted by Crippen LogP contribution is -2.38. The fraction of sp³-hybridized carbons (Fsp3) is 0.167. The van der Waals surface area contributed by atoms with Crippen molar-refractivity contribution in [2.75, 3.05) is 6.54 Å². The summed E-state index contributed by atoms with van der Waals surface area (Å²) in [5.41, 5.74) is -1.07. The Morgan fingerprint density at radius 1 is 1.21 bits per heavy atom. The SMILES string of the molecule is CC(O)(CNC(=O)c1ccc(-c2ccccc2F)o1)c1ccco1. The summed E-state index contributed by atoms with van der Waals surface area (Å²) in [6.45, 7) is 1.47. The molecule has 2 heterocycles. The van der Waals surface area contributed by atoms with Gasteiger partial charge in [-0.05, 0) is 43.3 Å². The van der Waals surface area contributed by atoms with Gasteiger partial charge in [-0.3, -0.25) is 4.79 Å². The van der Waals surface area contributed by atoms with Crippen molar-refractivity contribution in [3.8, 4) is 11.3 Å². The smallest absolute Gasteiger partial charge is 0.287 e. The molecule has 24 heavy (non-hydrogen) atoms. The van der Waals surface area contributed by atoms with Crippen LogP contribution in [0.2, 0.25) is 0 Å². The van der Waals surface area contributed by atoms with Crippen LogP contribution >= 0.6 is 0 Å². The van der Waals surface area contributed by atoms with Gasteiger partial charge in [0.15, 0.2) is 5.76 Å². The van der Waals surface area contributed by atoms with Gasteiger partial charge in [-0.1, -0.05) is 12.1 Å². The molecule has 1 aromatic carbocycles. The third-order valence-corrected chi connectivity index (χ3v) is 3.61. The molecule has 1 amide bonds. The van der Waals surface area contributed by atoms with E-state index in [-0.39, 0.29) is 23.6 Å². The molecule has 2 aromatic heterocycles. The van der Waals surface area contributed by atoms with Crippen molar-refractivity contribution < 1.29 is 23.1 Å². The fourth-order valence-electron chi connectivity index (χ4n) is 2.28. The Balaban J connectivity index is 1.70. The average Bonchev–Trinajstić information content (AvgIpc) is 3.25. The van der Waals surface area contributed by atoms with E-state index in [4.69, 9.17) is 8.83 Å². The lowest BCUT2D eigenvalue weighted by Gasteiger charge is -2.20. The Kier molecular flexibility index (Phi) is 4.22. The number of amides is 1. The predicted molar refractivity (Wildman–Crippen MR) is 84.7 cm³/mol. The van der Waals surface area contributed by atoms with Crippen LogP contribution < -0.4 is 5.32 Å². The van der Waals surface area contributed by atoms with Gasteiger partial charge in [0, 0.05) is 0 Å². The molecule has 0 fully saturated rings. The summed E-state index contributed by atoms with van der Waals surface area (Å²) < 4.78 is 24.3. The fourth-order valence-corrected chi connectivity index (χ4v) is 2.28. The highest BCUT2D eigenvalue weighted by molar-refractivity contribution is 5.92. The molecule has 0 radical (unpaired) electrons. The first-order valence-electron chi connectivity index (χ1n) is 7.37. The zero-order chi connectivity index (χ0) is 17.2. The molecule has 0 aliphatic carbocycles. The van der Waals surface area contributed by atoms with Gasteiger partial charge in [0.25, 0.3) is 5.91 Å². The highest BCUT2D eigenvalue weighted by Crippen LogP contribution is 2.25. The zero-order valence-electron chi connectivity index (χ0n) is 13.0. The van der Waals surface area contributed by atoms with Crippen LogP contribution in [0.4, 0.5) is 4.39 Å². The summed E-state index contributed by atoms with van der Waals surface area (Å²) in [4.78, 5) is 12.2. The van der Waals surface area contributed by atoms with Crippen LogP contribution in [-0.2, 0) is 5.60 Å². The third kappa shape index (κ3) is 3.23. The summed E-state index contributed by atoms with van der Waals surface area (Å²) in [5.74, 6) is -0.308. The van der Waals surface area contributed by atoms with Crippen molar-refractivity contribution in [3.63, 3.8) is 0 Å². The Bertz CT molecular complexity index is 836. The second-order valence-electron chi connectivity index (χ2n) is 5.58.